The van der Waals surface area contributed by atoms with Crippen LogP contribution in [0.1, 0.15) is 31.9 Å². The van der Waals surface area contributed by atoms with Crippen molar-refractivity contribution >= 4 is 0 Å². The predicted molar refractivity (Wildman–Crippen MR) is 53.2 cm³/mol. The second-order valence-corrected chi connectivity index (χ2v) is 4.41. The summed E-state index contributed by atoms with van der Waals surface area (Å²) in [4.78, 5) is 0. The summed E-state index contributed by atoms with van der Waals surface area (Å²) in [6.45, 7) is 8.16. The molecule has 13 heavy (non-hydrogen) atoms. The Balaban J connectivity index is 3.32. The van der Waals surface area contributed by atoms with Crippen molar-refractivity contribution in [1.82, 2.24) is 0 Å². The van der Waals surface area contributed by atoms with E-state index in [1.165, 1.54) is 0 Å². The van der Waals surface area contributed by atoms with E-state index in [1.54, 1.807) is 12.1 Å². The lowest BCUT2D eigenvalue weighted by atomic mass is 9.84. The molecule has 2 N–H and O–H groups in total. The average Bonchev–Trinajstić information content (AvgIpc) is 1.94. The maximum atomic E-state index is 9.34. The average molecular weight is 180 g/mol. The van der Waals surface area contributed by atoms with Crippen LogP contribution in [-0.2, 0) is 5.41 Å². The van der Waals surface area contributed by atoms with Gasteiger partial charge in [-0.15, -0.1) is 0 Å². The molecule has 1 rings (SSSR count). The lowest BCUT2D eigenvalue weighted by Gasteiger charge is -2.22. The molecule has 0 aliphatic rings. The lowest BCUT2D eigenvalue weighted by Crippen LogP contribution is -2.12. The van der Waals surface area contributed by atoms with Crippen LogP contribution in [0.4, 0.5) is 0 Å². The molecule has 0 atom stereocenters. The number of phenols is 2. The molecule has 1 aromatic carbocycles. The van der Waals surface area contributed by atoms with Crippen LogP contribution in [0.3, 0.4) is 0 Å². The Morgan fingerprint density at radius 1 is 1.00 bits per heavy atom. The van der Waals surface area contributed by atoms with Gasteiger partial charge in [-0.1, -0.05) is 20.8 Å². The van der Waals surface area contributed by atoms with Crippen LogP contribution in [0.5, 0.6) is 11.5 Å². The molecule has 0 heterocycles. The summed E-state index contributed by atoms with van der Waals surface area (Å²) >= 11 is 0. The summed E-state index contributed by atoms with van der Waals surface area (Å²) in [6.07, 6.45) is 0. The zero-order valence-corrected chi connectivity index (χ0v) is 8.55. The molecule has 0 saturated carbocycles. The Morgan fingerprint density at radius 3 is 1.92 bits per heavy atom. The number of phenolic OH excluding ortho intramolecular Hbond substituents is 2. The number of aromatic hydroxyl groups is 2. The maximum Gasteiger partial charge on any atom is 0.157 e. The molecular formula is C11H16O2. The van der Waals surface area contributed by atoms with Gasteiger partial charge in [0.15, 0.2) is 11.5 Å². The zero-order chi connectivity index (χ0) is 10.2. The second kappa shape index (κ2) is 2.95. The van der Waals surface area contributed by atoms with Crippen LogP contribution in [0.2, 0.25) is 0 Å². The smallest absolute Gasteiger partial charge is 0.157 e. The second-order valence-electron chi connectivity index (χ2n) is 4.41. The third-order valence-corrected chi connectivity index (χ3v) is 2.13. The van der Waals surface area contributed by atoms with E-state index in [-0.39, 0.29) is 16.9 Å². The first kappa shape index (κ1) is 9.90. The first-order chi connectivity index (χ1) is 5.82. The van der Waals surface area contributed by atoms with Gasteiger partial charge in [0, 0.05) is 0 Å². The first-order valence-corrected chi connectivity index (χ1v) is 4.35. The van der Waals surface area contributed by atoms with E-state index < -0.39 is 0 Å². The predicted octanol–water partition coefficient (Wildman–Crippen LogP) is 2.70. The summed E-state index contributed by atoms with van der Waals surface area (Å²) < 4.78 is 0. The molecule has 1 aromatic rings. The SMILES string of the molecule is Cc1cc(O)c(O)cc1C(C)(C)C. The Hall–Kier alpha value is -1.18. The van der Waals surface area contributed by atoms with Crippen molar-refractivity contribution in [3.8, 4) is 11.5 Å². The number of hydrogen-bond donors (Lipinski definition) is 2. The van der Waals surface area contributed by atoms with Crippen molar-refractivity contribution in [2.45, 2.75) is 33.1 Å². The minimum atomic E-state index is -0.0505. The zero-order valence-electron chi connectivity index (χ0n) is 8.55. The van der Waals surface area contributed by atoms with Crippen molar-refractivity contribution in [1.29, 1.82) is 0 Å². The molecule has 0 amide bonds. The topological polar surface area (TPSA) is 40.5 Å². The van der Waals surface area contributed by atoms with E-state index in [9.17, 15) is 10.2 Å². The molecular weight excluding hydrogens is 164 g/mol. The number of benzene rings is 1. The fourth-order valence-electron chi connectivity index (χ4n) is 1.49. The summed E-state index contributed by atoms with van der Waals surface area (Å²) in [6, 6.07) is 3.22. The molecule has 0 bridgehead atoms. The van der Waals surface area contributed by atoms with Crippen LogP contribution in [0.15, 0.2) is 12.1 Å². The molecule has 0 aromatic heterocycles. The quantitative estimate of drug-likeness (QED) is 0.603. The fourth-order valence-corrected chi connectivity index (χ4v) is 1.49. The molecule has 0 fully saturated rings. The third-order valence-electron chi connectivity index (χ3n) is 2.13. The Bertz CT molecular complexity index is 322. The van der Waals surface area contributed by atoms with E-state index in [2.05, 4.69) is 20.8 Å². The molecule has 0 aliphatic carbocycles. The van der Waals surface area contributed by atoms with Gasteiger partial charge in [-0.3, -0.25) is 0 Å². The first-order valence-electron chi connectivity index (χ1n) is 4.35. The fraction of sp³-hybridized carbons (Fsp3) is 0.455. The largest absolute Gasteiger partial charge is 0.504 e. The van der Waals surface area contributed by atoms with Gasteiger partial charge in [0.25, 0.3) is 0 Å². The van der Waals surface area contributed by atoms with Crippen molar-refractivity contribution < 1.29 is 10.2 Å². The van der Waals surface area contributed by atoms with Crippen LogP contribution in [0, 0.1) is 6.92 Å². The van der Waals surface area contributed by atoms with Crippen LogP contribution < -0.4 is 0 Å². The van der Waals surface area contributed by atoms with Gasteiger partial charge in [-0.25, -0.2) is 0 Å². The van der Waals surface area contributed by atoms with E-state index in [4.69, 9.17) is 0 Å². The minimum absolute atomic E-state index is 0.00470. The molecule has 0 spiro atoms. The maximum absolute atomic E-state index is 9.34. The highest BCUT2D eigenvalue weighted by atomic mass is 16.3. The van der Waals surface area contributed by atoms with E-state index in [0.29, 0.717) is 0 Å². The van der Waals surface area contributed by atoms with Crippen molar-refractivity contribution in [2.24, 2.45) is 0 Å². The Kier molecular flexibility index (Phi) is 2.24. The summed E-state index contributed by atoms with van der Waals surface area (Å²) in [7, 11) is 0. The number of hydrogen-bond acceptors (Lipinski definition) is 2. The van der Waals surface area contributed by atoms with E-state index in [0.717, 1.165) is 11.1 Å². The number of aryl methyl sites for hydroxylation is 1. The van der Waals surface area contributed by atoms with E-state index in [1.807, 2.05) is 6.92 Å². The van der Waals surface area contributed by atoms with Crippen LogP contribution in [0.25, 0.3) is 0 Å². The third kappa shape index (κ3) is 1.94. The molecule has 0 aliphatic heterocycles. The molecule has 0 unspecified atom stereocenters. The van der Waals surface area contributed by atoms with Gasteiger partial charge in [-0.2, -0.15) is 0 Å². The molecule has 0 radical (unpaired) electrons. The van der Waals surface area contributed by atoms with Gasteiger partial charge in [0.2, 0.25) is 0 Å². The monoisotopic (exact) mass is 180 g/mol. The highest BCUT2D eigenvalue weighted by Crippen LogP contribution is 2.34. The number of rotatable bonds is 0. The van der Waals surface area contributed by atoms with Crippen molar-refractivity contribution in [2.75, 3.05) is 0 Å². The Morgan fingerprint density at radius 2 is 1.46 bits per heavy atom. The van der Waals surface area contributed by atoms with Crippen molar-refractivity contribution in [3.63, 3.8) is 0 Å². The Labute approximate surface area is 78.8 Å². The minimum Gasteiger partial charge on any atom is -0.504 e. The van der Waals surface area contributed by atoms with Gasteiger partial charge < -0.3 is 10.2 Å². The molecule has 2 heteroatoms. The summed E-state index contributed by atoms with van der Waals surface area (Å²) in [5, 5.41) is 18.6. The van der Waals surface area contributed by atoms with Gasteiger partial charge in [-0.05, 0) is 35.6 Å². The summed E-state index contributed by atoms with van der Waals surface area (Å²) in [5.41, 5.74) is 2.06. The van der Waals surface area contributed by atoms with Gasteiger partial charge >= 0.3 is 0 Å². The lowest BCUT2D eigenvalue weighted by molar-refractivity contribution is 0.401. The normalized spacial score (nSPS) is 11.7. The van der Waals surface area contributed by atoms with Gasteiger partial charge in [0.05, 0.1) is 0 Å². The highest BCUT2D eigenvalue weighted by Gasteiger charge is 2.18. The van der Waals surface area contributed by atoms with E-state index >= 15 is 0 Å². The van der Waals surface area contributed by atoms with Crippen molar-refractivity contribution in [3.05, 3.63) is 23.3 Å². The molecule has 2 nitrogen and oxygen atoms in total. The standard InChI is InChI=1S/C11H16O2/c1-7-5-9(12)10(13)6-8(7)11(2,3)4/h5-6,12-13H,1-4H3. The molecule has 0 saturated heterocycles. The summed E-state index contributed by atoms with van der Waals surface area (Å²) in [5.74, 6) is -0.0963. The highest BCUT2D eigenvalue weighted by molar-refractivity contribution is 5.47. The van der Waals surface area contributed by atoms with Gasteiger partial charge in [0.1, 0.15) is 0 Å². The molecule has 72 valence electrons. The van der Waals surface area contributed by atoms with Crippen LogP contribution >= 0.6 is 0 Å². The van der Waals surface area contributed by atoms with Crippen LogP contribution in [-0.4, -0.2) is 10.2 Å².